The number of unbranched alkanes of at least 4 members (excludes halogenated alkanes) is 3. The minimum atomic E-state index is -4.16. The van der Waals surface area contributed by atoms with Crippen molar-refractivity contribution in [2.45, 2.75) is 64.2 Å². The molecule has 0 unspecified atom stereocenters. The molecule has 0 heterocycles. The third-order valence-electron chi connectivity index (χ3n) is 6.12. The van der Waals surface area contributed by atoms with Gasteiger partial charge in [-0.1, -0.05) is 6.07 Å². The first-order valence-electron chi connectivity index (χ1n) is 12.2. The predicted octanol–water partition coefficient (Wildman–Crippen LogP) is 5.79. The van der Waals surface area contributed by atoms with Gasteiger partial charge < -0.3 is 10.2 Å². The topological polar surface area (TPSA) is 129 Å². The summed E-state index contributed by atoms with van der Waals surface area (Å²) in [5.74, 6) is -2.25. The summed E-state index contributed by atoms with van der Waals surface area (Å²) in [6, 6.07) is 12.4. The fraction of sp³-hybridized carbons (Fsp3) is 0.462. The quantitative estimate of drug-likeness (QED) is 0.222. The summed E-state index contributed by atoms with van der Waals surface area (Å²) in [7, 11) is -6.09. The summed E-state index contributed by atoms with van der Waals surface area (Å²) in [5.41, 5.74) is -0.0372. The SMILES string of the molecule is CCCC[PH](CCCC)(CCCC)c1ccccc1S(=O)(=O)O.O=C(O)c1cccc(C(=O)O)c1. The van der Waals surface area contributed by atoms with Gasteiger partial charge in [0.25, 0.3) is 0 Å². The maximum Gasteiger partial charge on any atom is 0.335 e. The first-order chi connectivity index (χ1) is 16.5. The molecule has 9 heteroatoms. The molecular weight excluding hydrogens is 487 g/mol. The van der Waals surface area contributed by atoms with Crippen LogP contribution in [0.15, 0.2) is 53.4 Å². The monoisotopic (exact) mass is 526 g/mol. The molecule has 0 bridgehead atoms. The van der Waals surface area contributed by atoms with E-state index in [0.29, 0.717) is 0 Å². The maximum atomic E-state index is 11.9. The summed E-state index contributed by atoms with van der Waals surface area (Å²) < 4.78 is 33.5. The molecule has 0 spiro atoms. The summed E-state index contributed by atoms with van der Waals surface area (Å²) >= 11 is 0. The molecule has 0 fully saturated rings. The van der Waals surface area contributed by atoms with Crippen LogP contribution in [0.5, 0.6) is 0 Å². The Morgan fingerprint density at radius 3 is 1.54 bits per heavy atom. The molecule has 0 atom stereocenters. The van der Waals surface area contributed by atoms with E-state index >= 15 is 0 Å². The third-order valence-corrected chi connectivity index (χ3v) is 12.7. The number of rotatable bonds is 13. The van der Waals surface area contributed by atoms with Crippen molar-refractivity contribution in [2.24, 2.45) is 0 Å². The van der Waals surface area contributed by atoms with E-state index in [1.165, 1.54) is 18.2 Å². The van der Waals surface area contributed by atoms with Crippen molar-refractivity contribution in [3.05, 3.63) is 59.7 Å². The van der Waals surface area contributed by atoms with Gasteiger partial charge in [-0.2, -0.15) is 0 Å². The molecule has 0 aliphatic rings. The fourth-order valence-corrected chi connectivity index (χ4v) is 11.6. The molecule has 7 nitrogen and oxygen atoms in total. The zero-order valence-corrected chi connectivity index (χ0v) is 22.7. The molecule has 0 amide bonds. The van der Waals surface area contributed by atoms with Crippen LogP contribution in [0, 0.1) is 0 Å². The number of carboxylic acid groups (broad SMARTS) is 2. The average molecular weight is 527 g/mol. The standard InChI is InChI=1S/C18H33O3PS.C8H6O4/c1-4-7-14-22(15-8-5-2,16-9-6-3)17-12-10-11-13-18(17)23(19,20)21;9-7(10)5-2-1-3-6(4-5)8(11)12/h10-13,22H,4-9,14-16H2,1-3H3,(H,19,20,21);1-4H,(H,9,10)(H,11,12). The molecule has 0 aliphatic carbocycles. The van der Waals surface area contributed by atoms with Gasteiger partial charge in [0.15, 0.2) is 0 Å². The minimum Gasteiger partial charge on any atom is -0.478 e. The Bertz CT molecular complexity index is 1020. The van der Waals surface area contributed by atoms with Gasteiger partial charge in [-0.25, -0.2) is 9.59 Å². The molecule has 2 rings (SSSR count). The van der Waals surface area contributed by atoms with E-state index in [1.807, 2.05) is 12.1 Å². The number of hydrogen-bond donors (Lipinski definition) is 3. The van der Waals surface area contributed by atoms with E-state index in [9.17, 15) is 22.6 Å². The van der Waals surface area contributed by atoms with E-state index in [4.69, 9.17) is 10.2 Å². The third kappa shape index (κ3) is 9.71. The van der Waals surface area contributed by atoms with Crippen LogP contribution in [0.3, 0.4) is 0 Å². The Hall–Kier alpha value is -2.28. The van der Waals surface area contributed by atoms with Crippen molar-refractivity contribution in [3.8, 4) is 0 Å². The molecule has 0 aliphatic heterocycles. The van der Waals surface area contributed by atoms with Gasteiger partial charge in [0.1, 0.15) is 0 Å². The smallest absolute Gasteiger partial charge is 0.335 e. The molecule has 2 aromatic rings. The van der Waals surface area contributed by atoms with Crippen LogP contribution >= 0.6 is 7.26 Å². The normalized spacial score (nSPS) is 11.9. The second-order valence-corrected chi connectivity index (χ2v) is 14.7. The molecule has 0 aromatic heterocycles. The molecular formula is C26H39O7PS. The van der Waals surface area contributed by atoms with E-state index in [2.05, 4.69) is 20.8 Å². The molecule has 0 saturated carbocycles. The summed E-state index contributed by atoms with van der Waals surface area (Å²) in [4.78, 5) is 20.9. The van der Waals surface area contributed by atoms with Crippen molar-refractivity contribution in [2.75, 3.05) is 18.5 Å². The van der Waals surface area contributed by atoms with Crippen LogP contribution in [0.1, 0.15) is 80.0 Å². The molecule has 35 heavy (non-hydrogen) atoms. The Kier molecular flexibility index (Phi) is 13.2. The Balaban J connectivity index is 0.000000427. The second-order valence-electron chi connectivity index (χ2n) is 8.75. The van der Waals surface area contributed by atoms with Crippen LogP contribution in [-0.4, -0.2) is 53.6 Å². The number of hydrogen-bond acceptors (Lipinski definition) is 4. The van der Waals surface area contributed by atoms with Crippen molar-refractivity contribution < 1.29 is 32.8 Å². The molecule has 2 aromatic carbocycles. The van der Waals surface area contributed by atoms with Crippen LogP contribution in [0.2, 0.25) is 0 Å². The van der Waals surface area contributed by atoms with Gasteiger partial charge in [-0.05, 0) is 18.2 Å². The van der Waals surface area contributed by atoms with Crippen molar-refractivity contribution >= 4 is 34.6 Å². The van der Waals surface area contributed by atoms with Gasteiger partial charge in [0, 0.05) is 0 Å². The number of carbonyl (C=O) groups is 2. The zero-order valence-electron chi connectivity index (χ0n) is 20.9. The summed E-state index contributed by atoms with van der Waals surface area (Å²) in [5, 5.41) is 18.0. The molecule has 3 N–H and O–H groups in total. The summed E-state index contributed by atoms with van der Waals surface area (Å²) in [6.45, 7) is 6.56. The molecule has 196 valence electrons. The minimum absolute atomic E-state index is 0.0186. The van der Waals surface area contributed by atoms with Crippen LogP contribution < -0.4 is 5.30 Å². The summed E-state index contributed by atoms with van der Waals surface area (Å²) in [6.07, 6.45) is 10.2. The Morgan fingerprint density at radius 2 is 1.17 bits per heavy atom. The molecule has 0 radical (unpaired) electrons. The van der Waals surface area contributed by atoms with E-state index in [0.717, 1.165) is 68.4 Å². The van der Waals surface area contributed by atoms with Crippen LogP contribution in [-0.2, 0) is 10.1 Å². The average Bonchev–Trinajstić information content (AvgIpc) is 2.84. The van der Waals surface area contributed by atoms with Crippen LogP contribution in [0.4, 0.5) is 0 Å². The van der Waals surface area contributed by atoms with Gasteiger partial charge in [-0.3, -0.25) is 0 Å². The zero-order chi connectivity index (χ0) is 26.5. The number of carboxylic acids is 2. The molecule has 0 saturated heterocycles. The fourth-order valence-electron chi connectivity index (χ4n) is 4.24. The van der Waals surface area contributed by atoms with Gasteiger partial charge in [0.05, 0.1) is 11.1 Å². The maximum absolute atomic E-state index is 11.9. The van der Waals surface area contributed by atoms with Gasteiger partial charge in [0.2, 0.25) is 0 Å². The van der Waals surface area contributed by atoms with Crippen LogP contribution in [0.25, 0.3) is 0 Å². The van der Waals surface area contributed by atoms with Crippen molar-refractivity contribution in [1.82, 2.24) is 0 Å². The number of benzene rings is 2. The predicted molar refractivity (Wildman–Crippen MR) is 144 cm³/mol. The first kappa shape index (κ1) is 30.8. The number of aromatic carboxylic acids is 2. The second kappa shape index (κ2) is 15.0. The van der Waals surface area contributed by atoms with Gasteiger partial charge in [-0.15, -0.1) is 0 Å². The Labute approximate surface area is 209 Å². The van der Waals surface area contributed by atoms with E-state index < -0.39 is 29.3 Å². The Morgan fingerprint density at radius 1 is 0.743 bits per heavy atom. The van der Waals surface area contributed by atoms with Crippen molar-refractivity contribution in [3.63, 3.8) is 0 Å². The first-order valence-corrected chi connectivity index (χ1v) is 16.2. The largest absolute Gasteiger partial charge is 0.478 e. The van der Waals surface area contributed by atoms with Crippen molar-refractivity contribution in [1.29, 1.82) is 0 Å². The van der Waals surface area contributed by atoms with Gasteiger partial charge >= 0.3 is 155 Å². The van der Waals surface area contributed by atoms with E-state index in [-0.39, 0.29) is 16.0 Å². The van der Waals surface area contributed by atoms with E-state index in [1.54, 1.807) is 12.1 Å².